The average molecular weight is 191 g/mol. The highest BCUT2D eigenvalue weighted by Gasteiger charge is 2.04. The molecule has 13 heavy (non-hydrogen) atoms. The predicted molar refractivity (Wildman–Crippen MR) is 52.6 cm³/mol. The Balaban J connectivity index is 2.53. The highest BCUT2D eigenvalue weighted by Crippen LogP contribution is 2.17. The molecule has 2 rings (SSSR count). The molecule has 2 aromatic heterocycles. The minimum absolute atomic E-state index is 0.729. The number of nitrogens with zero attached hydrogens (tertiary/aromatic N) is 3. The second-order valence-corrected chi connectivity index (χ2v) is 3.71. The molecular formula is C9H9N3S. The molecule has 0 aliphatic rings. The van der Waals surface area contributed by atoms with E-state index < -0.39 is 0 Å². The zero-order valence-corrected chi connectivity index (χ0v) is 8.30. The molecule has 0 amide bonds. The fraction of sp³-hybridized carbons (Fsp3) is 0.222. The molecule has 0 N–H and O–H groups in total. The standard InChI is InChI=1S/C9H9N3S/c1-6-5-7(2)12-8(11-6)9-10-3-4-13-9/h3-5H,1-2H3. The number of rotatable bonds is 1. The van der Waals surface area contributed by atoms with Crippen molar-refractivity contribution in [1.82, 2.24) is 15.0 Å². The molecule has 2 heterocycles. The summed E-state index contributed by atoms with van der Waals surface area (Å²) in [5, 5.41) is 2.81. The molecule has 66 valence electrons. The first kappa shape index (κ1) is 8.31. The first-order valence-corrected chi connectivity index (χ1v) is 4.86. The molecule has 0 saturated heterocycles. The van der Waals surface area contributed by atoms with Crippen LogP contribution in [0.4, 0.5) is 0 Å². The largest absolute Gasteiger partial charge is 0.241 e. The van der Waals surface area contributed by atoms with E-state index in [1.54, 1.807) is 17.5 Å². The van der Waals surface area contributed by atoms with Crippen LogP contribution in [0.5, 0.6) is 0 Å². The van der Waals surface area contributed by atoms with E-state index in [0.29, 0.717) is 0 Å². The highest BCUT2D eigenvalue weighted by molar-refractivity contribution is 7.12. The lowest BCUT2D eigenvalue weighted by Gasteiger charge is -1.98. The number of aromatic nitrogens is 3. The molecule has 0 radical (unpaired) electrons. The number of hydrogen-bond acceptors (Lipinski definition) is 4. The van der Waals surface area contributed by atoms with Gasteiger partial charge in [0.05, 0.1) is 0 Å². The van der Waals surface area contributed by atoms with E-state index in [1.807, 2.05) is 25.3 Å². The smallest absolute Gasteiger partial charge is 0.189 e. The van der Waals surface area contributed by atoms with Crippen LogP contribution in [0.1, 0.15) is 11.4 Å². The quantitative estimate of drug-likeness (QED) is 0.693. The van der Waals surface area contributed by atoms with Crippen molar-refractivity contribution in [3.63, 3.8) is 0 Å². The maximum absolute atomic E-state index is 4.31. The van der Waals surface area contributed by atoms with Crippen LogP contribution in [0.15, 0.2) is 17.6 Å². The maximum atomic E-state index is 4.31. The Morgan fingerprint density at radius 2 is 1.85 bits per heavy atom. The molecule has 0 saturated carbocycles. The summed E-state index contributed by atoms with van der Waals surface area (Å²) < 4.78 is 0. The van der Waals surface area contributed by atoms with E-state index in [4.69, 9.17) is 0 Å². The summed E-state index contributed by atoms with van der Waals surface area (Å²) >= 11 is 1.56. The van der Waals surface area contributed by atoms with E-state index in [2.05, 4.69) is 15.0 Å². The molecule has 0 atom stereocenters. The van der Waals surface area contributed by atoms with Crippen LogP contribution < -0.4 is 0 Å². The number of hydrogen-bond donors (Lipinski definition) is 0. The van der Waals surface area contributed by atoms with Crippen molar-refractivity contribution in [2.75, 3.05) is 0 Å². The minimum atomic E-state index is 0.729. The van der Waals surface area contributed by atoms with Crippen molar-refractivity contribution in [2.24, 2.45) is 0 Å². The monoisotopic (exact) mass is 191 g/mol. The van der Waals surface area contributed by atoms with Crippen molar-refractivity contribution in [3.05, 3.63) is 29.0 Å². The van der Waals surface area contributed by atoms with Gasteiger partial charge < -0.3 is 0 Å². The minimum Gasteiger partial charge on any atom is -0.241 e. The number of aryl methyl sites for hydroxylation is 2. The Kier molecular flexibility index (Phi) is 2.06. The first-order chi connectivity index (χ1) is 6.25. The van der Waals surface area contributed by atoms with Gasteiger partial charge in [-0.1, -0.05) is 0 Å². The molecule has 0 aliphatic heterocycles. The SMILES string of the molecule is Cc1cc(C)nc(-c2nccs2)n1. The van der Waals surface area contributed by atoms with Crippen molar-refractivity contribution >= 4 is 11.3 Å². The summed E-state index contributed by atoms with van der Waals surface area (Å²) in [4.78, 5) is 12.8. The van der Waals surface area contributed by atoms with Gasteiger partial charge in [0.2, 0.25) is 0 Å². The zero-order valence-electron chi connectivity index (χ0n) is 7.48. The van der Waals surface area contributed by atoms with Crippen LogP contribution in [0.25, 0.3) is 10.8 Å². The Hall–Kier alpha value is -1.29. The third-order valence-electron chi connectivity index (χ3n) is 1.61. The lowest BCUT2D eigenvalue weighted by molar-refractivity contribution is 1.06. The molecule has 0 spiro atoms. The van der Waals surface area contributed by atoms with Crippen molar-refractivity contribution in [1.29, 1.82) is 0 Å². The average Bonchev–Trinajstić information content (AvgIpc) is 2.53. The summed E-state index contributed by atoms with van der Waals surface area (Å²) in [7, 11) is 0. The van der Waals surface area contributed by atoms with Crippen LogP contribution in [0.2, 0.25) is 0 Å². The molecule has 2 aromatic rings. The molecule has 4 heteroatoms. The Labute approximate surface area is 80.5 Å². The fourth-order valence-corrected chi connectivity index (χ4v) is 1.72. The van der Waals surface area contributed by atoms with Gasteiger partial charge in [-0.2, -0.15) is 0 Å². The van der Waals surface area contributed by atoms with E-state index >= 15 is 0 Å². The summed E-state index contributed by atoms with van der Waals surface area (Å²) in [6, 6.07) is 1.96. The molecule has 0 aromatic carbocycles. The lowest BCUT2D eigenvalue weighted by Crippen LogP contribution is -1.93. The van der Waals surface area contributed by atoms with Gasteiger partial charge in [-0.25, -0.2) is 15.0 Å². The van der Waals surface area contributed by atoms with Crippen molar-refractivity contribution in [2.45, 2.75) is 13.8 Å². The molecule has 0 unspecified atom stereocenters. The van der Waals surface area contributed by atoms with Crippen LogP contribution in [-0.2, 0) is 0 Å². The highest BCUT2D eigenvalue weighted by atomic mass is 32.1. The van der Waals surface area contributed by atoms with Crippen molar-refractivity contribution in [3.8, 4) is 10.8 Å². The summed E-state index contributed by atoms with van der Waals surface area (Å²) in [5.74, 6) is 0.729. The van der Waals surface area contributed by atoms with Gasteiger partial charge >= 0.3 is 0 Å². The molecule has 0 fully saturated rings. The van der Waals surface area contributed by atoms with Crippen LogP contribution >= 0.6 is 11.3 Å². The zero-order chi connectivity index (χ0) is 9.26. The third-order valence-corrected chi connectivity index (χ3v) is 2.37. The van der Waals surface area contributed by atoms with Gasteiger partial charge in [0.1, 0.15) is 0 Å². The normalized spacial score (nSPS) is 10.3. The topological polar surface area (TPSA) is 38.7 Å². The van der Waals surface area contributed by atoms with Gasteiger partial charge in [-0.05, 0) is 19.9 Å². The van der Waals surface area contributed by atoms with Crippen LogP contribution in [0.3, 0.4) is 0 Å². The summed E-state index contributed by atoms with van der Waals surface area (Å²) in [6.45, 7) is 3.93. The van der Waals surface area contributed by atoms with E-state index in [0.717, 1.165) is 22.2 Å². The molecule has 3 nitrogen and oxygen atoms in total. The van der Waals surface area contributed by atoms with Gasteiger partial charge in [0.25, 0.3) is 0 Å². The molecule has 0 aliphatic carbocycles. The van der Waals surface area contributed by atoms with Gasteiger partial charge in [0, 0.05) is 23.0 Å². The summed E-state index contributed by atoms with van der Waals surface area (Å²) in [5.41, 5.74) is 1.97. The van der Waals surface area contributed by atoms with Gasteiger partial charge in [-0.3, -0.25) is 0 Å². The molecule has 0 bridgehead atoms. The number of thiazole rings is 1. The Bertz CT molecular complexity index is 389. The second kappa shape index (κ2) is 3.22. The lowest BCUT2D eigenvalue weighted by atomic mass is 10.3. The van der Waals surface area contributed by atoms with Crippen molar-refractivity contribution < 1.29 is 0 Å². The summed E-state index contributed by atoms with van der Waals surface area (Å²) in [6.07, 6.45) is 1.76. The second-order valence-electron chi connectivity index (χ2n) is 2.81. The Morgan fingerprint density at radius 3 is 2.38 bits per heavy atom. The predicted octanol–water partition coefficient (Wildman–Crippen LogP) is 2.22. The van der Waals surface area contributed by atoms with E-state index in [9.17, 15) is 0 Å². The fourth-order valence-electron chi connectivity index (χ4n) is 1.16. The third kappa shape index (κ3) is 1.72. The molecular weight excluding hydrogens is 182 g/mol. The van der Waals surface area contributed by atoms with Crippen LogP contribution in [0, 0.1) is 13.8 Å². The first-order valence-electron chi connectivity index (χ1n) is 3.98. The maximum Gasteiger partial charge on any atom is 0.189 e. The van der Waals surface area contributed by atoms with Crippen LogP contribution in [-0.4, -0.2) is 15.0 Å². The van der Waals surface area contributed by atoms with Gasteiger partial charge in [0.15, 0.2) is 10.8 Å². The van der Waals surface area contributed by atoms with E-state index in [1.165, 1.54) is 0 Å². The Morgan fingerprint density at radius 1 is 1.15 bits per heavy atom. The van der Waals surface area contributed by atoms with E-state index in [-0.39, 0.29) is 0 Å². The van der Waals surface area contributed by atoms with Gasteiger partial charge in [-0.15, -0.1) is 11.3 Å².